The highest BCUT2D eigenvalue weighted by Gasteiger charge is 2.15. The van der Waals surface area contributed by atoms with Gasteiger partial charge in [-0.15, -0.1) is 0 Å². The Hall–Kier alpha value is -1.85. The molecule has 0 aliphatic carbocycles. The van der Waals surface area contributed by atoms with E-state index < -0.39 is 27.0 Å². The summed E-state index contributed by atoms with van der Waals surface area (Å²) in [5.41, 5.74) is 0.111. The zero-order valence-electron chi connectivity index (χ0n) is 14.4. The summed E-state index contributed by atoms with van der Waals surface area (Å²) < 4.78 is 46.1. The van der Waals surface area contributed by atoms with Crippen LogP contribution in [-0.2, 0) is 25.8 Å². The van der Waals surface area contributed by atoms with E-state index in [0.717, 1.165) is 6.26 Å². The third-order valence-electron chi connectivity index (χ3n) is 3.15. The van der Waals surface area contributed by atoms with Crippen LogP contribution in [0.15, 0.2) is 41.3 Å². The van der Waals surface area contributed by atoms with Crippen molar-refractivity contribution in [1.29, 1.82) is 0 Å². The molecule has 0 bridgehead atoms. The van der Waals surface area contributed by atoms with E-state index in [1.165, 1.54) is 30.3 Å². The van der Waals surface area contributed by atoms with Crippen molar-refractivity contribution in [1.82, 2.24) is 4.72 Å². The molecule has 0 saturated heterocycles. The molecule has 1 unspecified atom stereocenters. The van der Waals surface area contributed by atoms with Crippen LogP contribution >= 0.6 is 23.2 Å². The number of carbonyl (C=O) groups is 1. The number of halogens is 2. The first kappa shape index (κ1) is 22.4. The van der Waals surface area contributed by atoms with Crippen molar-refractivity contribution in [3.05, 3.63) is 46.4 Å². The van der Waals surface area contributed by atoms with Gasteiger partial charge in [0, 0.05) is 17.6 Å². The van der Waals surface area contributed by atoms with Gasteiger partial charge in [0.05, 0.1) is 28.3 Å². The number of aliphatic carboxylic acids is 1. The molecular weight excluding hydrogens is 451 g/mol. The number of benzene rings is 2. The first-order valence-electron chi connectivity index (χ1n) is 7.67. The summed E-state index contributed by atoms with van der Waals surface area (Å²) in [6.45, 7) is -0.00944. The second-order valence-electron chi connectivity index (χ2n) is 5.52. The normalized spacial score (nSPS) is 12.4. The van der Waals surface area contributed by atoms with Gasteiger partial charge in [0.15, 0.2) is 5.75 Å². The van der Waals surface area contributed by atoms with Gasteiger partial charge in [0.2, 0.25) is 10.0 Å². The molecule has 0 amide bonds. The number of anilines is 1. The van der Waals surface area contributed by atoms with E-state index >= 15 is 0 Å². The Bertz CT molecular complexity index is 1010. The monoisotopic (exact) mass is 466 g/mol. The van der Waals surface area contributed by atoms with Crippen molar-refractivity contribution in [3.8, 4) is 11.5 Å². The number of ether oxygens (including phenoxy) is 1. The van der Waals surface area contributed by atoms with E-state index in [1.807, 2.05) is 0 Å². The largest absolute Gasteiger partial charge is 0.481 e. The van der Waals surface area contributed by atoms with Gasteiger partial charge in [-0.25, -0.2) is 17.3 Å². The lowest BCUT2D eigenvalue weighted by Gasteiger charge is -2.14. The van der Waals surface area contributed by atoms with Crippen molar-refractivity contribution >= 4 is 55.9 Å². The standard InChI is InChI=1S/C16H16Cl2N2O6S2/c1-28(24,25)20-13-4-3-11(27(23)19-7-6-16(21)22)9-15(13)26-14-5-2-10(17)8-12(14)18/h2-5,8-9,19-20H,6-7H2,1H3,(H,21,22). The van der Waals surface area contributed by atoms with Crippen LogP contribution in [0.2, 0.25) is 10.0 Å². The Morgan fingerprint density at radius 2 is 1.89 bits per heavy atom. The minimum absolute atomic E-state index is 0.00944. The summed E-state index contributed by atoms with van der Waals surface area (Å²) >= 11 is 11.9. The van der Waals surface area contributed by atoms with Crippen molar-refractivity contribution in [2.45, 2.75) is 11.3 Å². The van der Waals surface area contributed by atoms with Crippen LogP contribution in [0.25, 0.3) is 0 Å². The Labute approximate surface area is 174 Å². The molecule has 0 heterocycles. The number of hydrogen-bond donors (Lipinski definition) is 3. The fraction of sp³-hybridized carbons (Fsp3) is 0.188. The van der Waals surface area contributed by atoms with Gasteiger partial charge in [-0.05, 0) is 30.3 Å². The zero-order valence-corrected chi connectivity index (χ0v) is 17.6. The molecule has 8 nitrogen and oxygen atoms in total. The van der Waals surface area contributed by atoms with Crippen LogP contribution in [0, 0.1) is 0 Å². The smallest absolute Gasteiger partial charge is 0.304 e. The molecule has 0 radical (unpaired) electrons. The van der Waals surface area contributed by atoms with Crippen molar-refractivity contribution in [2.75, 3.05) is 17.5 Å². The van der Waals surface area contributed by atoms with Crippen LogP contribution in [0.5, 0.6) is 11.5 Å². The fourth-order valence-electron chi connectivity index (χ4n) is 2.00. The number of sulfonamides is 1. The molecule has 12 heteroatoms. The van der Waals surface area contributed by atoms with Gasteiger partial charge in [-0.3, -0.25) is 9.52 Å². The van der Waals surface area contributed by atoms with Crippen molar-refractivity contribution in [3.63, 3.8) is 0 Å². The highest BCUT2D eigenvalue weighted by atomic mass is 35.5. The van der Waals surface area contributed by atoms with Crippen LogP contribution in [0.3, 0.4) is 0 Å². The number of nitrogens with one attached hydrogen (secondary N) is 2. The Morgan fingerprint density at radius 1 is 1.18 bits per heavy atom. The summed E-state index contributed by atoms with van der Waals surface area (Å²) in [4.78, 5) is 10.8. The minimum Gasteiger partial charge on any atom is -0.481 e. The molecule has 28 heavy (non-hydrogen) atoms. The highest BCUT2D eigenvalue weighted by Crippen LogP contribution is 2.36. The molecule has 0 spiro atoms. The quantitative estimate of drug-likeness (QED) is 0.521. The van der Waals surface area contributed by atoms with Gasteiger partial charge in [0.25, 0.3) is 0 Å². The molecule has 152 valence electrons. The van der Waals surface area contributed by atoms with Crippen molar-refractivity contribution < 1.29 is 27.3 Å². The summed E-state index contributed by atoms with van der Waals surface area (Å²) in [5.74, 6) is -0.761. The lowest BCUT2D eigenvalue weighted by molar-refractivity contribution is -0.136. The van der Waals surface area contributed by atoms with E-state index in [4.69, 9.17) is 33.0 Å². The molecule has 0 saturated carbocycles. The highest BCUT2D eigenvalue weighted by molar-refractivity contribution is 7.92. The first-order valence-corrected chi connectivity index (χ1v) is 11.5. The van der Waals surface area contributed by atoms with Gasteiger partial charge < -0.3 is 9.84 Å². The Morgan fingerprint density at radius 3 is 2.50 bits per heavy atom. The van der Waals surface area contributed by atoms with E-state index in [1.54, 1.807) is 6.07 Å². The summed E-state index contributed by atoms with van der Waals surface area (Å²) in [6.07, 6.45) is 0.773. The third-order valence-corrected chi connectivity index (χ3v) is 5.42. The predicted molar refractivity (Wildman–Crippen MR) is 108 cm³/mol. The molecule has 0 aromatic heterocycles. The number of hydrogen-bond acceptors (Lipinski definition) is 5. The van der Waals surface area contributed by atoms with Crippen LogP contribution in [-0.4, -0.2) is 36.5 Å². The zero-order chi connectivity index (χ0) is 20.9. The summed E-state index contributed by atoms with van der Waals surface area (Å²) in [7, 11) is -5.34. The van der Waals surface area contributed by atoms with Crippen LogP contribution in [0.4, 0.5) is 5.69 Å². The minimum atomic E-state index is -3.61. The van der Waals surface area contributed by atoms with E-state index in [9.17, 15) is 17.4 Å². The SMILES string of the molecule is CS(=O)(=O)Nc1ccc(S(=O)NCCC(=O)O)cc1Oc1ccc(Cl)cc1Cl. The maximum atomic E-state index is 12.3. The fourth-order valence-corrected chi connectivity index (χ4v) is 3.87. The third kappa shape index (κ3) is 6.95. The molecular formula is C16H16Cl2N2O6S2. The van der Waals surface area contributed by atoms with Gasteiger partial charge in [-0.2, -0.15) is 0 Å². The average Bonchev–Trinajstić information content (AvgIpc) is 2.57. The van der Waals surface area contributed by atoms with Gasteiger partial charge in [-0.1, -0.05) is 23.2 Å². The van der Waals surface area contributed by atoms with Crippen LogP contribution < -0.4 is 14.2 Å². The first-order chi connectivity index (χ1) is 13.0. The number of rotatable bonds is 9. The van der Waals surface area contributed by atoms with Gasteiger partial charge in [0.1, 0.15) is 16.7 Å². The summed E-state index contributed by atoms with van der Waals surface area (Å²) in [6, 6.07) is 8.67. The lowest BCUT2D eigenvalue weighted by atomic mass is 10.3. The topological polar surface area (TPSA) is 122 Å². The Balaban J connectivity index is 2.34. The second kappa shape index (κ2) is 9.57. The Kier molecular flexibility index (Phi) is 7.67. The number of carboxylic acid groups (broad SMARTS) is 1. The lowest BCUT2D eigenvalue weighted by Crippen LogP contribution is -2.21. The van der Waals surface area contributed by atoms with Crippen LogP contribution in [0.1, 0.15) is 6.42 Å². The molecule has 0 aliphatic rings. The van der Waals surface area contributed by atoms with E-state index in [-0.39, 0.29) is 40.1 Å². The summed E-state index contributed by atoms with van der Waals surface area (Å²) in [5, 5.41) is 9.24. The molecule has 2 aromatic rings. The molecule has 0 aliphatic heterocycles. The average molecular weight is 467 g/mol. The molecule has 2 rings (SSSR count). The molecule has 2 aromatic carbocycles. The van der Waals surface area contributed by atoms with Crippen molar-refractivity contribution in [2.24, 2.45) is 0 Å². The molecule has 0 fully saturated rings. The van der Waals surface area contributed by atoms with E-state index in [2.05, 4.69) is 9.44 Å². The molecule has 3 N–H and O–H groups in total. The maximum Gasteiger partial charge on any atom is 0.304 e. The predicted octanol–water partition coefficient (Wildman–Crippen LogP) is 3.24. The maximum absolute atomic E-state index is 12.3. The number of carboxylic acids is 1. The van der Waals surface area contributed by atoms with Gasteiger partial charge >= 0.3 is 5.97 Å². The second-order valence-corrected chi connectivity index (χ2v) is 9.41. The molecule has 1 atom stereocenters. The van der Waals surface area contributed by atoms with E-state index in [0.29, 0.717) is 5.02 Å².